The van der Waals surface area contributed by atoms with E-state index in [0.29, 0.717) is 6.54 Å². The highest BCUT2D eigenvalue weighted by Crippen LogP contribution is 2.17. The average Bonchev–Trinajstić information content (AvgIpc) is 2.83. The van der Waals surface area contributed by atoms with E-state index in [-0.39, 0.29) is 11.5 Å². The van der Waals surface area contributed by atoms with Crippen molar-refractivity contribution in [1.29, 1.82) is 0 Å². The van der Waals surface area contributed by atoms with Crippen LogP contribution in [0.3, 0.4) is 0 Å². The molecule has 2 aromatic rings. The molecule has 0 fully saturated rings. The molecule has 0 unspecified atom stereocenters. The Kier molecular flexibility index (Phi) is 4.04. The Bertz CT molecular complexity index is 553. The van der Waals surface area contributed by atoms with Crippen molar-refractivity contribution < 1.29 is 9.18 Å². The maximum atomic E-state index is 12.9. The normalized spacial score (nSPS) is 10.3. The van der Waals surface area contributed by atoms with Gasteiger partial charge in [0.05, 0.1) is 6.54 Å². The summed E-state index contributed by atoms with van der Waals surface area (Å²) >= 11 is 1.61. The zero-order valence-corrected chi connectivity index (χ0v) is 10.8. The van der Waals surface area contributed by atoms with Gasteiger partial charge in [0.2, 0.25) is 5.95 Å². The molecule has 2 heterocycles. The molecule has 0 atom stereocenters. The Hall–Kier alpha value is -1.75. The predicted molar refractivity (Wildman–Crippen MR) is 69.1 cm³/mol. The van der Waals surface area contributed by atoms with Crippen molar-refractivity contribution in [1.82, 2.24) is 10.3 Å². The van der Waals surface area contributed by atoms with Gasteiger partial charge < -0.3 is 5.32 Å². The summed E-state index contributed by atoms with van der Waals surface area (Å²) in [5.41, 5.74) is 1.53. The summed E-state index contributed by atoms with van der Waals surface area (Å²) in [5.74, 6) is -0.931. The van der Waals surface area contributed by atoms with Crippen molar-refractivity contribution >= 4 is 17.2 Å². The van der Waals surface area contributed by atoms with E-state index in [1.54, 1.807) is 11.3 Å². The molecule has 3 nitrogen and oxygen atoms in total. The lowest BCUT2D eigenvalue weighted by atomic mass is 10.2. The molecular formula is C13H13FN2OS. The lowest BCUT2D eigenvalue weighted by Crippen LogP contribution is -2.22. The fraction of sp³-hybridized carbons (Fsp3) is 0.231. The Labute approximate surface area is 109 Å². The van der Waals surface area contributed by atoms with Crippen molar-refractivity contribution in [2.24, 2.45) is 0 Å². The number of aromatic nitrogens is 1. The second-order valence-corrected chi connectivity index (χ2v) is 4.77. The molecule has 0 aliphatic heterocycles. The Morgan fingerprint density at radius 3 is 3.06 bits per heavy atom. The first kappa shape index (κ1) is 12.7. The van der Waals surface area contributed by atoms with Gasteiger partial charge in [-0.2, -0.15) is 4.39 Å². The van der Waals surface area contributed by atoms with Gasteiger partial charge in [-0.05, 0) is 29.5 Å². The van der Waals surface area contributed by atoms with Crippen LogP contribution in [0.2, 0.25) is 0 Å². The molecule has 0 saturated heterocycles. The topological polar surface area (TPSA) is 42.0 Å². The summed E-state index contributed by atoms with van der Waals surface area (Å²) in [5, 5.41) is 4.79. The number of pyridine rings is 1. The van der Waals surface area contributed by atoms with Gasteiger partial charge in [-0.1, -0.05) is 6.92 Å². The average molecular weight is 264 g/mol. The number of thiophene rings is 1. The van der Waals surface area contributed by atoms with E-state index >= 15 is 0 Å². The third kappa shape index (κ3) is 2.92. The molecule has 0 aromatic carbocycles. The number of nitrogens with one attached hydrogen (secondary N) is 1. The Balaban J connectivity index is 2.00. The number of carbonyl (C=O) groups is 1. The minimum atomic E-state index is -0.645. The van der Waals surface area contributed by atoms with Gasteiger partial charge in [0, 0.05) is 22.7 Å². The number of hydrogen-bond acceptors (Lipinski definition) is 3. The largest absolute Gasteiger partial charge is 0.347 e. The van der Waals surface area contributed by atoms with Crippen LogP contribution in [-0.4, -0.2) is 10.9 Å². The highest BCUT2D eigenvalue weighted by Gasteiger charge is 2.08. The first-order chi connectivity index (χ1) is 8.70. The van der Waals surface area contributed by atoms with E-state index in [9.17, 15) is 9.18 Å². The van der Waals surface area contributed by atoms with Gasteiger partial charge in [-0.25, -0.2) is 4.98 Å². The second-order valence-electron chi connectivity index (χ2n) is 3.77. The third-order valence-corrected chi connectivity index (χ3v) is 3.58. The van der Waals surface area contributed by atoms with E-state index < -0.39 is 5.95 Å². The summed E-state index contributed by atoms with van der Waals surface area (Å²) in [6.07, 6.45) is 2.23. The molecule has 1 amide bonds. The van der Waals surface area contributed by atoms with Crippen molar-refractivity contribution in [3.05, 3.63) is 51.7 Å². The summed E-state index contributed by atoms with van der Waals surface area (Å²) in [6, 6.07) is 4.68. The van der Waals surface area contributed by atoms with Gasteiger partial charge in [-0.15, -0.1) is 11.3 Å². The van der Waals surface area contributed by atoms with Gasteiger partial charge in [-0.3, -0.25) is 4.79 Å². The van der Waals surface area contributed by atoms with Gasteiger partial charge in [0.15, 0.2) is 0 Å². The molecule has 0 spiro atoms. The van der Waals surface area contributed by atoms with Crippen LogP contribution >= 0.6 is 11.3 Å². The smallest absolute Gasteiger partial charge is 0.251 e. The van der Waals surface area contributed by atoms with E-state index in [0.717, 1.165) is 17.4 Å². The molecule has 0 aliphatic carbocycles. The van der Waals surface area contributed by atoms with Crippen molar-refractivity contribution in [2.75, 3.05) is 0 Å². The minimum Gasteiger partial charge on any atom is -0.347 e. The SMILES string of the molecule is CCc1ccsc1CNC(=O)c1ccnc(F)c1. The van der Waals surface area contributed by atoms with Gasteiger partial charge in [0.1, 0.15) is 0 Å². The fourth-order valence-corrected chi connectivity index (χ4v) is 2.56. The second kappa shape index (κ2) is 5.73. The van der Waals surface area contributed by atoms with Crippen LogP contribution in [0.4, 0.5) is 4.39 Å². The molecule has 2 rings (SSSR count). The molecule has 18 heavy (non-hydrogen) atoms. The Morgan fingerprint density at radius 2 is 2.33 bits per heavy atom. The van der Waals surface area contributed by atoms with E-state index in [2.05, 4.69) is 23.3 Å². The van der Waals surface area contributed by atoms with Gasteiger partial charge >= 0.3 is 0 Å². The number of hydrogen-bond donors (Lipinski definition) is 1. The van der Waals surface area contributed by atoms with Crippen molar-refractivity contribution in [2.45, 2.75) is 19.9 Å². The molecule has 0 bridgehead atoms. The first-order valence-corrected chi connectivity index (χ1v) is 6.53. The van der Waals surface area contributed by atoms with Crippen LogP contribution < -0.4 is 5.32 Å². The van der Waals surface area contributed by atoms with E-state index in [1.807, 2.05) is 5.38 Å². The van der Waals surface area contributed by atoms with Gasteiger partial charge in [0.25, 0.3) is 5.91 Å². The maximum absolute atomic E-state index is 12.9. The molecule has 2 aromatic heterocycles. The Morgan fingerprint density at radius 1 is 1.50 bits per heavy atom. The van der Waals surface area contributed by atoms with Crippen LogP contribution in [0.15, 0.2) is 29.8 Å². The molecule has 0 saturated carbocycles. The summed E-state index contributed by atoms with van der Waals surface area (Å²) in [4.78, 5) is 16.3. The van der Waals surface area contributed by atoms with Crippen LogP contribution in [0, 0.1) is 5.95 Å². The highest BCUT2D eigenvalue weighted by molar-refractivity contribution is 7.10. The van der Waals surface area contributed by atoms with Crippen molar-refractivity contribution in [3.8, 4) is 0 Å². The predicted octanol–water partition coefficient (Wildman–Crippen LogP) is 2.77. The maximum Gasteiger partial charge on any atom is 0.251 e. The fourth-order valence-electron chi connectivity index (χ4n) is 1.64. The number of amides is 1. The lowest BCUT2D eigenvalue weighted by molar-refractivity contribution is 0.0950. The first-order valence-electron chi connectivity index (χ1n) is 5.65. The van der Waals surface area contributed by atoms with Crippen LogP contribution in [-0.2, 0) is 13.0 Å². The van der Waals surface area contributed by atoms with Crippen LogP contribution in [0.5, 0.6) is 0 Å². The number of nitrogens with zero attached hydrogens (tertiary/aromatic N) is 1. The van der Waals surface area contributed by atoms with Crippen LogP contribution in [0.1, 0.15) is 27.7 Å². The third-order valence-electron chi connectivity index (χ3n) is 2.62. The summed E-state index contributed by atoms with van der Waals surface area (Å²) in [7, 11) is 0. The minimum absolute atomic E-state index is 0.285. The summed E-state index contributed by atoms with van der Waals surface area (Å²) in [6.45, 7) is 2.55. The van der Waals surface area contributed by atoms with Crippen molar-refractivity contribution in [3.63, 3.8) is 0 Å². The molecule has 5 heteroatoms. The standard InChI is InChI=1S/C13H13FN2OS/c1-2-9-4-6-18-11(9)8-16-13(17)10-3-5-15-12(14)7-10/h3-7H,2,8H2,1H3,(H,16,17). The number of halogens is 1. The number of aryl methyl sites for hydroxylation is 1. The molecule has 1 N–H and O–H groups in total. The number of carbonyl (C=O) groups excluding carboxylic acids is 1. The molecule has 0 radical (unpaired) electrons. The zero-order valence-electron chi connectivity index (χ0n) is 9.94. The highest BCUT2D eigenvalue weighted by atomic mass is 32.1. The quantitative estimate of drug-likeness (QED) is 0.863. The molecule has 94 valence electrons. The monoisotopic (exact) mass is 264 g/mol. The van der Waals surface area contributed by atoms with Crippen LogP contribution in [0.25, 0.3) is 0 Å². The van der Waals surface area contributed by atoms with E-state index in [1.165, 1.54) is 17.8 Å². The summed E-state index contributed by atoms with van der Waals surface area (Å²) < 4.78 is 12.9. The zero-order chi connectivity index (χ0) is 13.0. The molecule has 0 aliphatic rings. The number of rotatable bonds is 4. The molecular weight excluding hydrogens is 251 g/mol. The lowest BCUT2D eigenvalue weighted by Gasteiger charge is -2.05. The van der Waals surface area contributed by atoms with E-state index in [4.69, 9.17) is 0 Å².